The van der Waals surface area contributed by atoms with E-state index in [4.69, 9.17) is 15.5 Å². The van der Waals surface area contributed by atoms with E-state index in [-0.39, 0.29) is 11.1 Å². The molecule has 2 unspecified atom stereocenters. The highest BCUT2D eigenvalue weighted by atomic mass is 19.2. The van der Waals surface area contributed by atoms with Crippen molar-refractivity contribution in [2.45, 2.75) is 12.2 Å². The number of nitrogens with zero attached hydrogens (tertiary/aromatic N) is 1. The van der Waals surface area contributed by atoms with E-state index in [2.05, 4.69) is 0 Å². The smallest absolute Gasteiger partial charge is 0.160 e. The minimum atomic E-state index is -1.64. The number of aliphatic hydroxyl groups excluding tert-OH is 3. The van der Waals surface area contributed by atoms with Gasteiger partial charge in [0, 0.05) is 5.56 Å². The zero-order chi connectivity index (χ0) is 12.3. The molecule has 4 nitrogen and oxygen atoms in total. The van der Waals surface area contributed by atoms with Gasteiger partial charge >= 0.3 is 0 Å². The van der Waals surface area contributed by atoms with Crippen LogP contribution in [0.2, 0.25) is 0 Å². The van der Waals surface area contributed by atoms with Crippen molar-refractivity contribution >= 4 is 0 Å². The molecule has 2 atom stereocenters. The summed E-state index contributed by atoms with van der Waals surface area (Å²) >= 11 is 0. The van der Waals surface area contributed by atoms with Gasteiger partial charge in [-0.3, -0.25) is 0 Å². The molecule has 0 aromatic heterocycles. The minimum Gasteiger partial charge on any atom is -0.394 e. The van der Waals surface area contributed by atoms with E-state index >= 15 is 0 Å². The van der Waals surface area contributed by atoms with Crippen molar-refractivity contribution in [3.8, 4) is 6.07 Å². The standard InChI is InChI=1S/C10H9F2NO3/c11-7-1-5(3-13)6(2-8(7)12)10(16)9(15)4-14/h1-2,9-10,14-16H,4H2. The molecule has 16 heavy (non-hydrogen) atoms. The molecule has 0 aliphatic rings. The van der Waals surface area contributed by atoms with E-state index < -0.39 is 30.4 Å². The van der Waals surface area contributed by atoms with Crippen LogP contribution in [0.25, 0.3) is 0 Å². The fraction of sp³-hybridized carbons (Fsp3) is 0.300. The van der Waals surface area contributed by atoms with E-state index in [1.54, 1.807) is 6.07 Å². The monoisotopic (exact) mass is 229 g/mol. The first-order valence-corrected chi connectivity index (χ1v) is 4.37. The second kappa shape index (κ2) is 4.99. The van der Waals surface area contributed by atoms with Gasteiger partial charge in [-0.25, -0.2) is 8.78 Å². The Bertz CT molecular complexity index is 431. The molecule has 0 saturated heterocycles. The first-order valence-electron chi connectivity index (χ1n) is 4.37. The predicted molar refractivity (Wildman–Crippen MR) is 49.1 cm³/mol. The average molecular weight is 229 g/mol. The molecule has 3 N–H and O–H groups in total. The van der Waals surface area contributed by atoms with Crippen molar-refractivity contribution in [1.29, 1.82) is 5.26 Å². The first-order chi connectivity index (χ1) is 7.51. The van der Waals surface area contributed by atoms with Gasteiger partial charge in [-0.1, -0.05) is 0 Å². The van der Waals surface area contributed by atoms with Crippen LogP contribution in [-0.2, 0) is 0 Å². The average Bonchev–Trinajstić information content (AvgIpc) is 2.30. The lowest BCUT2D eigenvalue weighted by Gasteiger charge is -2.17. The molecule has 1 aromatic rings. The Hall–Kier alpha value is -1.55. The topological polar surface area (TPSA) is 84.5 Å². The fourth-order valence-electron chi connectivity index (χ4n) is 1.21. The summed E-state index contributed by atoms with van der Waals surface area (Å²) in [7, 11) is 0. The van der Waals surface area contributed by atoms with E-state index in [9.17, 15) is 13.9 Å². The molecule has 86 valence electrons. The van der Waals surface area contributed by atoms with Crippen molar-refractivity contribution in [3.63, 3.8) is 0 Å². The van der Waals surface area contributed by atoms with Crippen LogP contribution in [0, 0.1) is 23.0 Å². The molecule has 1 aromatic carbocycles. The van der Waals surface area contributed by atoms with Crippen LogP contribution in [0.1, 0.15) is 17.2 Å². The van der Waals surface area contributed by atoms with E-state index in [0.717, 1.165) is 0 Å². The molecular formula is C10H9F2NO3. The number of nitriles is 1. The normalized spacial score (nSPS) is 14.2. The molecule has 0 saturated carbocycles. The molecule has 0 bridgehead atoms. The lowest BCUT2D eigenvalue weighted by atomic mass is 9.99. The molecule has 1 rings (SSSR count). The highest BCUT2D eigenvalue weighted by molar-refractivity contribution is 5.40. The maximum Gasteiger partial charge on any atom is 0.160 e. The zero-order valence-corrected chi connectivity index (χ0v) is 8.06. The first kappa shape index (κ1) is 12.5. The van der Waals surface area contributed by atoms with Gasteiger partial charge in [0.2, 0.25) is 0 Å². The van der Waals surface area contributed by atoms with Gasteiger partial charge in [0.1, 0.15) is 12.2 Å². The maximum atomic E-state index is 12.9. The Labute approximate surface area is 90.0 Å². The molecule has 0 aliphatic carbocycles. The lowest BCUT2D eigenvalue weighted by molar-refractivity contribution is -0.0155. The molecule has 0 spiro atoms. The molecule has 0 fully saturated rings. The van der Waals surface area contributed by atoms with Crippen LogP contribution in [0.4, 0.5) is 8.78 Å². The Morgan fingerprint density at radius 2 is 1.81 bits per heavy atom. The van der Waals surface area contributed by atoms with E-state index in [0.29, 0.717) is 12.1 Å². The summed E-state index contributed by atoms with van der Waals surface area (Å²) < 4.78 is 25.7. The highest BCUT2D eigenvalue weighted by Crippen LogP contribution is 2.23. The van der Waals surface area contributed by atoms with Crippen LogP contribution in [0.5, 0.6) is 0 Å². The second-order valence-corrected chi connectivity index (χ2v) is 3.16. The van der Waals surface area contributed by atoms with Gasteiger partial charge in [-0.2, -0.15) is 5.26 Å². The Morgan fingerprint density at radius 3 is 2.31 bits per heavy atom. The van der Waals surface area contributed by atoms with Gasteiger partial charge in [-0.05, 0) is 12.1 Å². The second-order valence-electron chi connectivity index (χ2n) is 3.16. The number of aliphatic hydroxyl groups is 3. The number of rotatable bonds is 3. The summed E-state index contributed by atoms with van der Waals surface area (Å²) in [5.41, 5.74) is -0.554. The summed E-state index contributed by atoms with van der Waals surface area (Å²) in [6.45, 7) is -0.759. The number of hydrogen-bond donors (Lipinski definition) is 3. The number of halogens is 2. The maximum absolute atomic E-state index is 12.9. The third kappa shape index (κ3) is 2.33. The SMILES string of the molecule is N#Cc1cc(F)c(F)cc1C(O)C(O)CO. The highest BCUT2D eigenvalue weighted by Gasteiger charge is 2.22. The molecule has 0 radical (unpaired) electrons. The van der Waals surface area contributed by atoms with Gasteiger partial charge in [0.25, 0.3) is 0 Å². The molecule has 0 heterocycles. The Balaban J connectivity index is 3.23. The molecule has 0 amide bonds. The summed E-state index contributed by atoms with van der Waals surface area (Å²) in [5, 5.41) is 35.8. The van der Waals surface area contributed by atoms with Crippen molar-refractivity contribution in [1.82, 2.24) is 0 Å². The van der Waals surface area contributed by atoms with Gasteiger partial charge in [-0.15, -0.1) is 0 Å². The zero-order valence-electron chi connectivity index (χ0n) is 8.06. The minimum absolute atomic E-state index is 0.261. The number of hydrogen-bond acceptors (Lipinski definition) is 4. The summed E-state index contributed by atoms with van der Waals surface area (Å²) in [5.74, 6) is -2.45. The summed E-state index contributed by atoms with van der Waals surface area (Å²) in [6, 6.07) is 2.81. The lowest BCUT2D eigenvalue weighted by Crippen LogP contribution is -2.23. The number of benzene rings is 1. The van der Waals surface area contributed by atoms with Crippen LogP contribution < -0.4 is 0 Å². The fourth-order valence-corrected chi connectivity index (χ4v) is 1.21. The van der Waals surface area contributed by atoms with Gasteiger partial charge < -0.3 is 15.3 Å². The summed E-state index contributed by atoms with van der Waals surface area (Å²) in [6.07, 6.45) is -3.20. The van der Waals surface area contributed by atoms with Crippen LogP contribution in [-0.4, -0.2) is 28.0 Å². The van der Waals surface area contributed by atoms with Crippen LogP contribution in [0.15, 0.2) is 12.1 Å². The van der Waals surface area contributed by atoms with Crippen LogP contribution in [0.3, 0.4) is 0 Å². The molecule has 0 aliphatic heterocycles. The van der Waals surface area contributed by atoms with Crippen molar-refractivity contribution in [2.24, 2.45) is 0 Å². The van der Waals surface area contributed by atoms with E-state index in [1.807, 2.05) is 0 Å². The third-order valence-corrected chi connectivity index (χ3v) is 2.08. The predicted octanol–water partition coefficient (Wildman–Crippen LogP) is 0.223. The molecular weight excluding hydrogens is 220 g/mol. The Morgan fingerprint density at radius 1 is 1.25 bits per heavy atom. The van der Waals surface area contributed by atoms with Crippen molar-refractivity contribution < 1.29 is 24.1 Å². The van der Waals surface area contributed by atoms with Crippen LogP contribution >= 0.6 is 0 Å². The van der Waals surface area contributed by atoms with Crippen molar-refractivity contribution in [2.75, 3.05) is 6.61 Å². The molecule has 6 heteroatoms. The van der Waals surface area contributed by atoms with Gasteiger partial charge in [0.15, 0.2) is 11.6 Å². The van der Waals surface area contributed by atoms with Gasteiger partial charge in [0.05, 0.1) is 18.2 Å². The Kier molecular flexibility index (Phi) is 3.90. The quantitative estimate of drug-likeness (QED) is 0.692. The third-order valence-electron chi connectivity index (χ3n) is 2.08. The van der Waals surface area contributed by atoms with Crippen molar-refractivity contribution in [3.05, 3.63) is 34.9 Å². The van der Waals surface area contributed by atoms with E-state index in [1.165, 1.54) is 0 Å². The largest absolute Gasteiger partial charge is 0.394 e. The summed E-state index contributed by atoms with van der Waals surface area (Å²) in [4.78, 5) is 0.